The number of aromatic nitrogens is 2. The summed E-state index contributed by atoms with van der Waals surface area (Å²) in [6.45, 7) is 3.37. The molecule has 1 aliphatic rings. The highest BCUT2D eigenvalue weighted by molar-refractivity contribution is 5.58. The van der Waals surface area contributed by atoms with Crippen molar-refractivity contribution < 1.29 is 0 Å². The Labute approximate surface area is 120 Å². The van der Waals surface area contributed by atoms with Crippen LogP contribution in [0.25, 0.3) is 11.3 Å². The number of nitrogens with zero attached hydrogens (tertiary/aromatic N) is 2. The molecule has 4 nitrogen and oxygen atoms in total. The third-order valence-corrected chi connectivity index (χ3v) is 4.08. The average Bonchev–Trinajstić information content (AvgIpc) is 3.01. The highest BCUT2D eigenvalue weighted by Gasteiger charge is 2.15. The molecule has 0 atom stereocenters. The number of piperidine rings is 1. The van der Waals surface area contributed by atoms with Crippen molar-refractivity contribution in [3.05, 3.63) is 42.1 Å². The van der Waals surface area contributed by atoms with Crippen molar-refractivity contribution in [3.8, 4) is 11.3 Å². The molecule has 2 heterocycles. The molecule has 1 fully saturated rings. The van der Waals surface area contributed by atoms with Gasteiger partial charge in [-0.2, -0.15) is 5.10 Å². The molecule has 4 heteroatoms. The number of nitrogens with one attached hydrogen (secondary N) is 2. The highest BCUT2D eigenvalue weighted by atomic mass is 15.1. The van der Waals surface area contributed by atoms with Crippen molar-refractivity contribution in [1.82, 2.24) is 20.4 Å². The molecule has 1 aliphatic heterocycles. The first-order valence-electron chi connectivity index (χ1n) is 7.32. The number of rotatable bonds is 4. The van der Waals surface area contributed by atoms with Gasteiger partial charge in [0.25, 0.3) is 0 Å². The van der Waals surface area contributed by atoms with Crippen LogP contribution in [0, 0.1) is 0 Å². The molecule has 2 aromatic rings. The Hall–Kier alpha value is -1.65. The van der Waals surface area contributed by atoms with Gasteiger partial charge in [-0.25, -0.2) is 0 Å². The van der Waals surface area contributed by atoms with Crippen LogP contribution in [0.2, 0.25) is 0 Å². The standard InChI is InChI=1S/C16H22N4/c1-20-10-7-15(8-11-20)17-12-13-2-4-14(5-3-13)16-6-9-18-19-16/h2-6,9,15,17H,7-8,10-12H2,1H3,(H,18,19). The molecule has 0 saturated carbocycles. The van der Waals surface area contributed by atoms with E-state index >= 15 is 0 Å². The Morgan fingerprint density at radius 3 is 2.60 bits per heavy atom. The molecule has 0 unspecified atom stereocenters. The zero-order valence-electron chi connectivity index (χ0n) is 12.0. The molecule has 3 rings (SSSR count). The van der Waals surface area contributed by atoms with Gasteiger partial charge in [-0.1, -0.05) is 24.3 Å². The summed E-state index contributed by atoms with van der Waals surface area (Å²) in [6, 6.07) is 11.3. The molecule has 106 valence electrons. The Morgan fingerprint density at radius 1 is 1.20 bits per heavy atom. The van der Waals surface area contributed by atoms with Crippen LogP contribution in [0.5, 0.6) is 0 Å². The smallest absolute Gasteiger partial charge is 0.0650 e. The van der Waals surface area contributed by atoms with Gasteiger partial charge in [0.05, 0.1) is 5.69 Å². The second kappa shape index (κ2) is 6.20. The number of H-pyrrole nitrogens is 1. The zero-order chi connectivity index (χ0) is 13.8. The lowest BCUT2D eigenvalue weighted by molar-refractivity contribution is 0.234. The van der Waals surface area contributed by atoms with E-state index in [1.807, 2.05) is 6.07 Å². The van der Waals surface area contributed by atoms with Gasteiger partial charge in [0.1, 0.15) is 0 Å². The summed E-state index contributed by atoms with van der Waals surface area (Å²) in [7, 11) is 2.20. The lowest BCUT2D eigenvalue weighted by Crippen LogP contribution is -2.40. The van der Waals surface area contributed by atoms with Crippen molar-refractivity contribution >= 4 is 0 Å². The van der Waals surface area contributed by atoms with E-state index in [0.29, 0.717) is 6.04 Å². The molecular formula is C16H22N4. The van der Waals surface area contributed by atoms with Gasteiger partial charge in [0.15, 0.2) is 0 Å². The summed E-state index contributed by atoms with van der Waals surface area (Å²) in [6.07, 6.45) is 4.29. The predicted molar refractivity (Wildman–Crippen MR) is 81.4 cm³/mol. The first-order chi connectivity index (χ1) is 9.81. The summed E-state index contributed by atoms with van der Waals surface area (Å²) in [5.74, 6) is 0. The van der Waals surface area contributed by atoms with E-state index in [9.17, 15) is 0 Å². The quantitative estimate of drug-likeness (QED) is 0.895. The van der Waals surface area contributed by atoms with Gasteiger partial charge in [-0.3, -0.25) is 5.10 Å². The van der Waals surface area contributed by atoms with Gasteiger partial charge >= 0.3 is 0 Å². The summed E-state index contributed by atoms with van der Waals surface area (Å²) in [5, 5.41) is 10.6. The molecule has 0 bridgehead atoms. The maximum Gasteiger partial charge on any atom is 0.0650 e. The van der Waals surface area contributed by atoms with E-state index in [4.69, 9.17) is 0 Å². The number of hydrogen-bond donors (Lipinski definition) is 2. The maximum absolute atomic E-state index is 3.98. The fourth-order valence-corrected chi connectivity index (χ4v) is 2.69. The maximum atomic E-state index is 3.98. The van der Waals surface area contributed by atoms with E-state index in [1.165, 1.54) is 37.1 Å². The minimum Gasteiger partial charge on any atom is -0.310 e. The summed E-state index contributed by atoms with van der Waals surface area (Å²) in [5.41, 5.74) is 3.59. The van der Waals surface area contributed by atoms with Crippen LogP contribution in [0.3, 0.4) is 0 Å². The minimum absolute atomic E-state index is 0.665. The van der Waals surface area contributed by atoms with Crippen molar-refractivity contribution in [2.75, 3.05) is 20.1 Å². The SMILES string of the molecule is CN1CCC(NCc2ccc(-c3ccn[nH]3)cc2)CC1. The largest absolute Gasteiger partial charge is 0.310 e. The third kappa shape index (κ3) is 3.26. The molecule has 2 N–H and O–H groups in total. The van der Waals surface area contributed by atoms with Gasteiger partial charge in [-0.05, 0) is 50.2 Å². The summed E-state index contributed by atoms with van der Waals surface area (Å²) < 4.78 is 0. The van der Waals surface area contributed by atoms with Gasteiger partial charge in [-0.15, -0.1) is 0 Å². The van der Waals surface area contributed by atoms with E-state index < -0.39 is 0 Å². The molecule has 0 radical (unpaired) electrons. The second-order valence-corrected chi connectivity index (χ2v) is 5.63. The normalized spacial score (nSPS) is 17.4. The Morgan fingerprint density at radius 2 is 1.95 bits per heavy atom. The Bertz CT molecular complexity index is 510. The number of aromatic amines is 1. The molecular weight excluding hydrogens is 248 g/mol. The minimum atomic E-state index is 0.665. The molecule has 0 amide bonds. The lowest BCUT2D eigenvalue weighted by atomic mass is 10.0. The average molecular weight is 270 g/mol. The predicted octanol–water partition coefficient (Wildman–Crippen LogP) is 2.26. The number of hydrogen-bond acceptors (Lipinski definition) is 3. The molecule has 0 aliphatic carbocycles. The fourth-order valence-electron chi connectivity index (χ4n) is 2.69. The summed E-state index contributed by atoms with van der Waals surface area (Å²) >= 11 is 0. The first-order valence-corrected chi connectivity index (χ1v) is 7.32. The number of likely N-dealkylation sites (tertiary alicyclic amines) is 1. The molecule has 1 aromatic carbocycles. The van der Waals surface area contributed by atoms with Crippen LogP contribution in [0.1, 0.15) is 18.4 Å². The van der Waals surface area contributed by atoms with Crippen LogP contribution in [-0.4, -0.2) is 41.3 Å². The van der Waals surface area contributed by atoms with E-state index in [0.717, 1.165) is 12.2 Å². The Balaban J connectivity index is 1.53. The van der Waals surface area contributed by atoms with Crippen molar-refractivity contribution in [2.24, 2.45) is 0 Å². The van der Waals surface area contributed by atoms with Crippen LogP contribution < -0.4 is 5.32 Å². The van der Waals surface area contributed by atoms with E-state index in [1.54, 1.807) is 6.20 Å². The zero-order valence-corrected chi connectivity index (χ0v) is 12.0. The lowest BCUT2D eigenvalue weighted by Gasteiger charge is -2.29. The fraction of sp³-hybridized carbons (Fsp3) is 0.438. The first kappa shape index (κ1) is 13.3. The van der Waals surface area contributed by atoms with Crippen LogP contribution in [0.4, 0.5) is 0 Å². The van der Waals surface area contributed by atoms with Crippen LogP contribution in [0.15, 0.2) is 36.5 Å². The third-order valence-electron chi connectivity index (χ3n) is 4.08. The van der Waals surface area contributed by atoms with Crippen molar-refractivity contribution in [1.29, 1.82) is 0 Å². The number of benzene rings is 1. The van der Waals surface area contributed by atoms with Crippen LogP contribution in [-0.2, 0) is 6.54 Å². The van der Waals surface area contributed by atoms with E-state index in [2.05, 4.69) is 51.7 Å². The molecule has 1 aromatic heterocycles. The van der Waals surface area contributed by atoms with Crippen molar-refractivity contribution in [3.63, 3.8) is 0 Å². The van der Waals surface area contributed by atoms with Gasteiger partial charge in [0, 0.05) is 18.8 Å². The van der Waals surface area contributed by atoms with Gasteiger partial charge in [0.2, 0.25) is 0 Å². The van der Waals surface area contributed by atoms with E-state index in [-0.39, 0.29) is 0 Å². The molecule has 20 heavy (non-hydrogen) atoms. The highest BCUT2D eigenvalue weighted by Crippen LogP contribution is 2.17. The van der Waals surface area contributed by atoms with Gasteiger partial charge < -0.3 is 10.2 Å². The summed E-state index contributed by atoms with van der Waals surface area (Å²) in [4.78, 5) is 2.40. The van der Waals surface area contributed by atoms with Crippen LogP contribution >= 0.6 is 0 Å². The monoisotopic (exact) mass is 270 g/mol. The molecule has 0 spiro atoms. The topological polar surface area (TPSA) is 44.0 Å². The second-order valence-electron chi connectivity index (χ2n) is 5.63. The molecule has 1 saturated heterocycles. The Kier molecular flexibility index (Phi) is 4.14. The van der Waals surface area contributed by atoms with Crippen molar-refractivity contribution in [2.45, 2.75) is 25.4 Å².